The van der Waals surface area contributed by atoms with Crippen molar-refractivity contribution >= 4 is 39.2 Å². The first-order valence-electron chi connectivity index (χ1n) is 8.18. The van der Waals surface area contributed by atoms with Crippen molar-refractivity contribution in [1.82, 2.24) is 4.57 Å². The smallest absolute Gasteiger partial charge is 0.113 e. The van der Waals surface area contributed by atoms with E-state index in [1.165, 1.54) is 0 Å². The van der Waals surface area contributed by atoms with Crippen molar-refractivity contribution in [2.75, 3.05) is 17.5 Å². The van der Waals surface area contributed by atoms with Crippen molar-refractivity contribution in [2.24, 2.45) is 5.73 Å². The Labute approximate surface area is 155 Å². The van der Waals surface area contributed by atoms with E-state index >= 15 is 0 Å². The first-order valence-corrected chi connectivity index (χ1v) is 10.1. The summed E-state index contributed by atoms with van der Waals surface area (Å²) in [6.45, 7) is 2.60. The predicted molar refractivity (Wildman–Crippen MR) is 108 cm³/mol. The van der Waals surface area contributed by atoms with Crippen molar-refractivity contribution in [2.45, 2.75) is 18.9 Å². The highest BCUT2D eigenvalue weighted by Crippen LogP contribution is 2.35. The van der Waals surface area contributed by atoms with Gasteiger partial charge in [0.1, 0.15) is 11.0 Å². The molecule has 0 fully saturated rings. The molecule has 3 N–H and O–H groups in total. The maximum absolute atomic E-state index is 11.6. The molecule has 2 aromatic carbocycles. The average Bonchev–Trinajstić information content (AvgIpc) is 3.03. The molecule has 0 aliphatic carbocycles. The number of hydrogen-bond donors (Lipinski definition) is 2. The molecule has 0 aliphatic heterocycles. The molecule has 25 heavy (non-hydrogen) atoms. The van der Waals surface area contributed by atoms with Crippen molar-refractivity contribution < 1.29 is 4.21 Å². The fourth-order valence-electron chi connectivity index (χ4n) is 3.42. The summed E-state index contributed by atoms with van der Waals surface area (Å²) in [5.74, 6) is 0. The number of nitrogens with one attached hydrogen (secondary N) is 1. The van der Waals surface area contributed by atoms with Gasteiger partial charge in [-0.05, 0) is 42.3 Å². The monoisotopic (exact) mass is 375 g/mol. The maximum Gasteiger partial charge on any atom is 0.113 e. The first-order chi connectivity index (χ1) is 12.0. The normalized spacial score (nSPS) is 15.0. The molecular formula is C19H22ClN3OS. The Balaban J connectivity index is 2.21. The number of benzene rings is 2. The zero-order valence-corrected chi connectivity index (χ0v) is 15.9. The molecule has 132 valence electrons. The molecule has 0 saturated carbocycles. The number of hydrogen-bond acceptors (Lipinski definition) is 2. The second-order valence-corrected chi connectivity index (χ2v) is 7.63. The topological polar surface area (TPSA) is 60.0 Å². The van der Waals surface area contributed by atoms with Crippen LogP contribution >= 0.6 is 11.6 Å². The lowest BCUT2D eigenvalue weighted by Crippen LogP contribution is -2.41. The lowest BCUT2D eigenvalue weighted by Gasteiger charge is -2.35. The summed E-state index contributed by atoms with van der Waals surface area (Å²) in [6, 6.07) is 15.9. The lowest BCUT2D eigenvalue weighted by molar-refractivity contribution is 0.363. The Morgan fingerprint density at radius 2 is 1.92 bits per heavy atom. The highest BCUT2D eigenvalue weighted by atomic mass is 35.5. The lowest BCUT2D eigenvalue weighted by atomic mass is 9.86. The Morgan fingerprint density at radius 3 is 2.52 bits per heavy atom. The fourth-order valence-corrected chi connectivity index (χ4v) is 4.03. The molecule has 4 nitrogen and oxygen atoms in total. The SMILES string of the molecule is CCC(CN)(c1ccc(Cl)cc1)n1ccc2c(NS(C)=O)cccc21. The quantitative estimate of drug-likeness (QED) is 0.681. The second kappa shape index (κ2) is 7.20. The third-order valence-electron chi connectivity index (χ3n) is 4.75. The van der Waals surface area contributed by atoms with Gasteiger partial charge in [0, 0.05) is 29.4 Å². The van der Waals surface area contributed by atoms with Crippen LogP contribution in [0.3, 0.4) is 0 Å². The van der Waals surface area contributed by atoms with Crippen molar-refractivity contribution in [3.63, 3.8) is 0 Å². The first kappa shape index (κ1) is 18.0. The van der Waals surface area contributed by atoms with Crippen LogP contribution in [0.4, 0.5) is 5.69 Å². The van der Waals surface area contributed by atoms with Crippen molar-refractivity contribution in [3.05, 3.63) is 65.3 Å². The van der Waals surface area contributed by atoms with Crippen LogP contribution in [-0.2, 0) is 16.5 Å². The van der Waals surface area contributed by atoms with Crippen LogP contribution in [0.1, 0.15) is 18.9 Å². The van der Waals surface area contributed by atoms with Crippen LogP contribution in [0, 0.1) is 0 Å². The van der Waals surface area contributed by atoms with Crippen molar-refractivity contribution in [1.29, 1.82) is 0 Å². The molecule has 0 saturated heterocycles. The van der Waals surface area contributed by atoms with Gasteiger partial charge in [-0.1, -0.05) is 36.7 Å². The van der Waals surface area contributed by atoms with Gasteiger partial charge in [0.25, 0.3) is 0 Å². The fraction of sp³-hybridized carbons (Fsp3) is 0.263. The Bertz CT molecular complexity index is 901. The molecule has 3 rings (SSSR count). The van der Waals surface area contributed by atoms with Crippen LogP contribution in [0.5, 0.6) is 0 Å². The maximum atomic E-state index is 11.6. The summed E-state index contributed by atoms with van der Waals surface area (Å²) >= 11 is 6.06. The average molecular weight is 376 g/mol. The van der Waals surface area contributed by atoms with Crippen LogP contribution in [-0.4, -0.2) is 21.6 Å². The molecule has 1 heterocycles. The molecule has 0 spiro atoms. The van der Waals surface area contributed by atoms with Gasteiger partial charge in [-0.3, -0.25) is 0 Å². The van der Waals surface area contributed by atoms with E-state index < -0.39 is 11.0 Å². The van der Waals surface area contributed by atoms with E-state index in [9.17, 15) is 4.21 Å². The number of nitrogens with two attached hydrogens (primary N) is 1. The van der Waals surface area contributed by atoms with Gasteiger partial charge < -0.3 is 15.0 Å². The molecule has 0 bridgehead atoms. The summed E-state index contributed by atoms with van der Waals surface area (Å²) in [5, 5.41) is 1.73. The molecular weight excluding hydrogens is 354 g/mol. The molecule has 1 aromatic heterocycles. The molecule has 0 aliphatic rings. The summed E-state index contributed by atoms with van der Waals surface area (Å²) in [4.78, 5) is 0. The summed E-state index contributed by atoms with van der Waals surface area (Å²) in [7, 11) is -1.13. The van der Waals surface area contributed by atoms with Crippen LogP contribution in [0.15, 0.2) is 54.7 Å². The largest absolute Gasteiger partial charge is 0.336 e. The van der Waals surface area contributed by atoms with Crippen LogP contribution in [0.25, 0.3) is 10.9 Å². The molecule has 2 unspecified atom stereocenters. The third-order valence-corrected chi connectivity index (χ3v) is 5.51. The number of halogens is 1. The molecule has 0 radical (unpaired) electrons. The van der Waals surface area contributed by atoms with Gasteiger partial charge in [-0.25, -0.2) is 4.21 Å². The van der Waals surface area contributed by atoms with Gasteiger partial charge in [-0.15, -0.1) is 0 Å². The van der Waals surface area contributed by atoms with Gasteiger partial charge in [0.15, 0.2) is 0 Å². The highest BCUT2D eigenvalue weighted by Gasteiger charge is 2.32. The van der Waals surface area contributed by atoms with E-state index in [2.05, 4.69) is 28.5 Å². The second-order valence-electron chi connectivity index (χ2n) is 6.08. The van der Waals surface area contributed by atoms with E-state index in [0.29, 0.717) is 11.6 Å². The van der Waals surface area contributed by atoms with Crippen LogP contribution < -0.4 is 10.5 Å². The molecule has 2 atom stereocenters. The van der Waals surface area contributed by atoms with E-state index in [4.69, 9.17) is 17.3 Å². The Hall–Kier alpha value is -1.82. The number of fused-ring (bicyclic) bond motifs is 1. The van der Waals surface area contributed by atoms with Gasteiger partial charge in [0.05, 0.1) is 16.7 Å². The zero-order valence-electron chi connectivity index (χ0n) is 14.3. The number of anilines is 1. The number of rotatable bonds is 6. The zero-order chi connectivity index (χ0) is 18.0. The molecule has 6 heteroatoms. The summed E-state index contributed by atoms with van der Waals surface area (Å²) in [5.41, 5.74) is 8.94. The third kappa shape index (κ3) is 3.19. The van der Waals surface area contributed by atoms with E-state index in [-0.39, 0.29) is 5.54 Å². The minimum atomic E-state index is -1.13. The van der Waals surface area contributed by atoms with Gasteiger partial charge >= 0.3 is 0 Å². The minimum absolute atomic E-state index is 0.365. The van der Waals surface area contributed by atoms with Gasteiger partial charge in [-0.2, -0.15) is 0 Å². The Morgan fingerprint density at radius 1 is 1.20 bits per heavy atom. The Kier molecular flexibility index (Phi) is 5.18. The molecule has 3 aromatic rings. The van der Waals surface area contributed by atoms with Crippen molar-refractivity contribution in [3.8, 4) is 0 Å². The highest BCUT2D eigenvalue weighted by molar-refractivity contribution is 7.85. The summed E-state index contributed by atoms with van der Waals surface area (Å²) < 4.78 is 16.8. The number of aromatic nitrogens is 1. The van der Waals surface area contributed by atoms with Gasteiger partial charge in [0.2, 0.25) is 0 Å². The van der Waals surface area contributed by atoms with E-state index in [1.807, 2.05) is 42.5 Å². The minimum Gasteiger partial charge on any atom is -0.336 e. The van der Waals surface area contributed by atoms with E-state index in [1.54, 1.807) is 6.26 Å². The predicted octanol–water partition coefficient (Wildman–Crippen LogP) is 4.11. The standard InChI is InChI=1S/C19H22ClN3OS/c1-3-19(13-21,14-7-9-15(20)10-8-14)23-12-11-16-17(22-25(2)24)5-4-6-18(16)23/h4-12,22H,3,13,21H2,1-2H3. The molecule has 0 amide bonds. The summed E-state index contributed by atoms with van der Waals surface area (Å²) in [6.07, 6.45) is 4.52. The van der Waals surface area contributed by atoms with E-state index in [0.717, 1.165) is 28.6 Å². The number of nitrogens with zero attached hydrogens (tertiary/aromatic N) is 1. The van der Waals surface area contributed by atoms with Crippen LogP contribution in [0.2, 0.25) is 5.02 Å².